The van der Waals surface area contributed by atoms with Crippen LogP contribution in [-0.4, -0.2) is 34.5 Å². The lowest BCUT2D eigenvalue weighted by molar-refractivity contribution is 0.105. The minimum absolute atomic E-state index is 0. The van der Waals surface area contributed by atoms with E-state index in [1.54, 1.807) is 0 Å². The fourth-order valence-corrected chi connectivity index (χ4v) is 2.57. The van der Waals surface area contributed by atoms with Crippen LogP contribution < -0.4 is 5.32 Å². The lowest BCUT2D eigenvalue weighted by atomic mass is 10.1. The number of para-hydroxylation sites is 1. The van der Waals surface area contributed by atoms with Crippen LogP contribution >= 0.6 is 12.4 Å². The monoisotopic (exact) mass is 344 g/mol. The van der Waals surface area contributed by atoms with E-state index in [4.69, 9.17) is 10.1 Å². The number of aryl methyl sites for hydroxylation is 1. The third kappa shape index (κ3) is 4.03. The van der Waals surface area contributed by atoms with Crippen LogP contribution in [-0.2, 0) is 0 Å². The van der Waals surface area contributed by atoms with Crippen LogP contribution in [0.15, 0.2) is 54.6 Å². The molecule has 0 saturated heterocycles. The molecular weight excluding hydrogens is 324 g/mol. The summed E-state index contributed by atoms with van der Waals surface area (Å²) in [5.41, 5.74) is 4.92. The molecule has 3 aromatic rings. The molecule has 0 aliphatic carbocycles. The molecule has 1 heterocycles. The Morgan fingerprint density at radius 2 is 1.88 bits per heavy atom. The number of nitrogens with zero attached hydrogens (tertiary/aromatic N) is 1. The van der Waals surface area contributed by atoms with Gasteiger partial charge in [-0.2, -0.15) is 0 Å². The number of pyridine rings is 1. The summed E-state index contributed by atoms with van der Waals surface area (Å²) in [5, 5.41) is 22.8. The second-order valence-corrected chi connectivity index (χ2v) is 5.66. The van der Waals surface area contributed by atoms with Crippen LogP contribution in [0, 0.1) is 6.92 Å². The number of aliphatic hydroxyl groups is 2. The summed E-state index contributed by atoms with van der Waals surface area (Å²) >= 11 is 0. The second kappa shape index (κ2) is 8.11. The summed E-state index contributed by atoms with van der Waals surface area (Å²) in [4.78, 5) is 4.74. The van der Waals surface area contributed by atoms with Crippen molar-refractivity contribution in [2.75, 3.05) is 18.5 Å². The Labute approximate surface area is 147 Å². The molecule has 0 aliphatic heterocycles. The van der Waals surface area contributed by atoms with E-state index in [0.717, 1.165) is 27.8 Å². The van der Waals surface area contributed by atoms with Gasteiger partial charge in [0.15, 0.2) is 0 Å². The summed E-state index contributed by atoms with van der Waals surface area (Å²) in [6.07, 6.45) is -0.788. The van der Waals surface area contributed by atoms with Gasteiger partial charge in [-0.25, -0.2) is 4.98 Å². The zero-order valence-corrected chi connectivity index (χ0v) is 14.3. The maximum absolute atomic E-state index is 9.59. The first kappa shape index (κ1) is 18.2. The van der Waals surface area contributed by atoms with E-state index < -0.39 is 6.10 Å². The van der Waals surface area contributed by atoms with E-state index in [-0.39, 0.29) is 25.6 Å². The van der Waals surface area contributed by atoms with Crippen molar-refractivity contribution in [2.45, 2.75) is 13.0 Å². The fourth-order valence-electron chi connectivity index (χ4n) is 2.57. The fraction of sp³-hybridized carbons (Fsp3) is 0.211. The first-order valence-corrected chi connectivity index (χ1v) is 7.67. The SMILES string of the molecule is Cc1cccc(-c2cc(NC[C@H](O)CO)c3ccccc3n2)c1.Cl. The highest BCUT2D eigenvalue weighted by molar-refractivity contribution is 5.93. The van der Waals surface area contributed by atoms with E-state index in [2.05, 4.69) is 24.4 Å². The Morgan fingerprint density at radius 3 is 2.62 bits per heavy atom. The zero-order chi connectivity index (χ0) is 16.2. The summed E-state index contributed by atoms with van der Waals surface area (Å²) < 4.78 is 0. The van der Waals surface area contributed by atoms with Gasteiger partial charge in [-0.3, -0.25) is 0 Å². The highest BCUT2D eigenvalue weighted by atomic mass is 35.5. The normalized spacial score (nSPS) is 11.8. The summed E-state index contributed by atoms with van der Waals surface area (Å²) in [6.45, 7) is 2.08. The van der Waals surface area contributed by atoms with E-state index in [9.17, 15) is 5.11 Å². The van der Waals surface area contributed by atoms with Crippen molar-refractivity contribution in [3.63, 3.8) is 0 Å². The van der Waals surface area contributed by atoms with Gasteiger partial charge in [0.05, 0.1) is 23.9 Å². The number of fused-ring (bicyclic) bond motifs is 1. The molecule has 126 valence electrons. The maximum atomic E-state index is 9.59. The van der Waals surface area contributed by atoms with Gasteiger partial charge in [-0.15, -0.1) is 12.4 Å². The highest BCUT2D eigenvalue weighted by Gasteiger charge is 2.09. The van der Waals surface area contributed by atoms with Crippen LogP contribution in [0.1, 0.15) is 5.56 Å². The summed E-state index contributed by atoms with van der Waals surface area (Å²) in [6, 6.07) is 18.1. The zero-order valence-electron chi connectivity index (χ0n) is 13.4. The highest BCUT2D eigenvalue weighted by Crippen LogP contribution is 2.28. The molecule has 0 saturated carbocycles. The van der Waals surface area contributed by atoms with Crippen molar-refractivity contribution in [1.82, 2.24) is 4.98 Å². The number of aromatic nitrogens is 1. The van der Waals surface area contributed by atoms with E-state index >= 15 is 0 Å². The van der Waals surface area contributed by atoms with Crippen molar-refractivity contribution < 1.29 is 10.2 Å². The Bertz CT molecular complexity index is 823. The molecule has 1 aromatic heterocycles. The summed E-state index contributed by atoms with van der Waals surface area (Å²) in [7, 11) is 0. The Kier molecular flexibility index (Phi) is 6.15. The van der Waals surface area contributed by atoms with Crippen LogP contribution in [0.2, 0.25) is 0 Å². The first-order chi connectivity index (χ1) is 11.2. The van der Waals surface area contributed by atoms with Crippen molar-refractivity contribution in [1.29, 1.82) is 0 Å². The van der Waals surface area contributed by atoms with Crippen LogP contribution in [0.4, 0.5) is 5.69 Å². The number of hydrogen-bond donors (Lipinski definition) is 3. The quantitative estimate of drug-likeness (QED) is 0.663. The molecule has 3 N–H and O–H groups in total. The van der Waals surface area contributed by atoms with Crippen LogP contribution in [0.25, 0.3) is 22.2 Å². The topological polar surface area (TPSA) is 65.4 Å². The van der Waals surface area contributed by atoms with Gasteiger partial charge in [0.1, 0.15) is 0 Å². The third-order valence-electron chi connectivity index (χ3n) is 3.77. The van der Waals surface area contributed by atoms with Crippen LogP contribution in [0.5, 0.6) is 0 Å². The molecule has 3 rings (SSSR count). The predicted molar refractivity (Wildman–Crippen MR) is 101 cm³/mol. The smallest absolute Gasteiger partial charge is 0.0942 e. The number of aliphatic hydroxyl groups excluding tert-OH is 2. The largest absolute Gasteiger partial charge is 0.394 e. The lowest BCUT2D eigenvalue weighted by Crippen LogP contribution is -2.23. The molecule has 2 aromatic carbocycles. The molecule has 0 amide bonds. The van der Waals surface area contributed by atoms with Crippen LogP contribution in [0.3, 0.4) is 0 Å². The van der Waals surface area contributed by atoms with Gasteiger partial charge in [0.2, 0.25) is 0 Å². The number of halogens is 1. The summed E-state index contributed by atoms with van der Waals surface area (Å²) in [5.74, 6) is 0. The van der Waals surface area contributed by atoms with Crippen molar-refractivity contribution in [3.8, 4) is 11.3 Å². The standard InChI is InChI=1S/C19H20N2O2.ClH/c1-13-5-4-6-14(9-13)18-10-19(20-11-15(23)12-22)16-7-2-3-8-17(16)21-18;/h2-10,15,22-23H,11-12H2,1H3,(H,20,21);1H/t15-;/m0./s1. The van der Waals surface area contributed by atoms with Gasteiger partial charge in [-0.05, 0) is 25.1 Å². The molecule has 0 fully saturated rings. The molecule has 0 spiro atoms. The van der Waals surface area contributed by atoms with Gasteiger partial charge < -0.3 is 15.5 Å². The molecule has 5 heteroatoms. The lowest BCUT2D eigenvalue weighted by Gasteiger charge is -2.14. The number of hydrogen-bond acceptors (Lipinski definition) is 4. The minimum atomic E-state index is -0.788. The molecule has 24 heavy (non-hydrogen) atoms. The average Bonchev–Trinajstić information content (AvgIpc) is 2.59. The average molecular weight is 345 g/mol. The van der Waals surface area contributed by atoms with Crippen molar-refractivity contribution >= 4 is 29.0 Å². The third-order valence-corrected chi connectivity index (χ3v) is 3.77. The predicted octanol–water partition coefficient (Wildman–Crippen LogP) is 3.40. The Hall–Kier alpha value is -2.14. The molecule has 0 bridgehead atoms. The van der Waals surface area contributed by atoms with Gasteiger partial charge in [0, 0.05) is 23.2 Å². The van der Waals surface area contributed by atoms with Gasteiger partial charge in [0.25, 0.3) is 0 Å². The van der Waals surface area contributed by atoms with Gasteiger partial charge in [-0.1, -0.05) is 42.0 Å². The van der Waals surface area contributed by atoms with Gasteiger partial charge >= 0.3 is 0 Å². The maximum Gasteiger partial charge on any atom is 0.0942 e. The van der Waals surface area contributed by atoms with Crippen molar-refractivity contribution in [2.24, 2.45) is 0 Å². The molecule has 0 aliphatic rings. The van der Waals surface area contributed by atoms with E-state index in [0.29, 0.717) is 0 Å². The van der Waals surface area contributed by atoms with E-state index in [1.165, 1.54) is 5.56 Å². The molecule has 4 nitrogen and oxygen atoms in total. The number of anilines is 1. The number of rotatable bonds is 5. The Balaban J connectivity index is 0.00000208. The van der Waals surface area contributed by atoms with Crippen molar-refractivity contribution in [3.05, 3.63) is 60.2 Å². The second-order valence-electron chi connectivity index (χ2n) is 5.66. The number of nitrogens with one attached hydrogen (secondary N) is 1. The first-order valence-electron chi connectivity index (χ1n) is 7.67. The molecule has 0 radical (unpaired) electrons. The minimum Gasteiger partial charge on any atom is -0.394 e. The molecule has 0 unspecified atom stereocenters. The Morgan fingerprint density at radius 1 is 1.08 bits per heavy atom. The van der Waals surface area contributed by atoms with E-state index in [1.807, 2.05) is 42.5 Å². The molecule has 1 atom stereocenters. The number of benzene rings is 2. The molecular formula is C19H21ClN2O2.